The minimum atomic E-state index is 0.0313. The third kappa shape index (κ3) is 2.95. The van der Waals surface area contributed by atoms with Gasteiger partial charge in [0.15, 0.2) is 0 Å². The van der Waals surface area contributed by atoms with E-state index in [-0.39, 0.29) is 11.9 Å². The fourth-order valence-corrected chi connectivity index (χ4v) is 3.65. The average molecular weight is 335 g/mol. The molecule has 25 heavy (non-hydrogen) atoms. The Morgan fingerprint density at radius 3 is 3.04 bits per heavy atom. The van der Waals surface area contributed by atoms with E-state index in [1.54, 1.807) is 11.6 Å². The Bertz CT molecular complexity index is 965. The number of pyridine rings is 1. The number of hydrogen-bond donors (Lipinski definition) is 2. The summed E-state index contributed by atoms with van der Waals surface area (Å²) in [7, 11) is 1.92. The molecule has 1 aliphatic rings. The number of carbonyl (C=O) groups is 1. The summed E-state index contributed by atoms with van der Waals surface area (Å²) in [6.07, 6.45) is 12.8. The molecule has 0 saturated carbocycles. The first-order valence-electron chi connectivity index (χ1n) is 8.53. The second-order valence-electron chi connectivity index (χ2n) is 6.60. The molecule has 1 aliphatic carbocycles. The van der Waals surface area contributed by atoms with Crippen molar-refractivity contribution in [2.45, 2.75) is 32.2 Å². The Morgan fingerprint density at radius 1 is 1.40 bits per heavy atom. The Hall–Kier alpha value is -2.89. The van der Waals surface area contributed by atoms with Crippen molar-refractivity contribution < 1.29 is 4.79 Å². The van der Waals surface area contributed by atoms with E-state index in [2.05, 4.69) is 32.5 Å². The van der Waals surface area contributed by atoms with E-state index in [1.807, 2.05) is 31.8 Å². The van der Waals surface area contributed by atoms with E-state index in [0.717, 1.165) is 41.4 Å². The molecule has 0 aliphatic heterocycles. The van der Waals surface area contributed by atoms with Crippen LogP contribution in [0.5, 0.6) is 0 Å². The van der Waals surface area contributed by atoms with Gasteiger partial charge in [-0.25, -0.2) is 4.98 Å². The molecule has 0 radical (unpaired) electrons. The number of rotatable bonds is 3. The first kappa shape index (κ1) is 15.6. The van der Waals surface area contributed by atoms with Crippen molar-refractivity contribution in [2.24, 2.45) is 7.05 Å². The average Bonchev–Trinajstić information content (AvgIpc) is 3.20. The van der Waals surface area contributed by atoms with Gasteiger partial charge in [-0.15, -0.1) is 0 Å². The van der Waals surface area contributed by atoms with Gasteiger partial charge in [-0.1, -0.05) is 6.08 Å². The lowest BCUT2D eigenvalue weighted by molar-refractivity contribution is -0.119. The number of hydrogen-bond acceptors (Lipinski definition) is 3. The summed E-state index contributed by atoms with van der Waals surface area (Å²) in [5.41, 5.74) is 5.49. The highest BCUT2D eigenvalue weighted by molar-refractivity contribution is 6.01. The van der Waals surface area contributed by atoms with E-state index in [9.17, 15) is 4.79 Å². The third-order valence-corrected chi connectivity index (χ3v) is 4.71. The number of allylic oxidation sites excluding steroid dienone is 1. The lowest BCUT2D eigenvalue weighted by atomic mass is 9.88. The standard InChI is InChI=1S/C19H21N5O/c1-12(25)23-15-5-3-4-13(8-15)16-6-7-20-19-18(16)17(10-21-19)14-9-22-24(2)11-14/h4,6-7,9-11,15H,3,5,8H2,1-2H3,(H,20,21)(H,23,25). The molecule has 1 amide bonds. The molecule has 0 spiro atoms. The molecular formula is C19H21N5O. The van der Waals surface area contributed by atoms with Gasteiger partial charge in [0.25, 0.3) is 0 Å². The summed E-state index contributed by atoms with van der Waals surface area (Å²) in [5, 5.41) is 8.46. The number of amides is 1. The summed E-state index contributed by atoms with van der Waals surface area (Å²) in [4.78, 5) is 19.2. The molecule has 3 aromatic rings. The number of aryl methyl sites for hydroxylation is 1. The van der Waals surface area contributed by atoms with Gasteiger partial charge >= 0.3 is 0 Å². The Labute approximate surface area is 146 Å². The van der Waals surface area contributed by atoms with Gasteiger partial charge in [-0.05, 0) is 36.5 Å². The van der Waals surface area contributed by atoms with Crippen molar-refractivity contribution in [1.82, 2.24) is 25.1 Å². The van der Waals surface area contributed by atoms with Gasteiger partial charge in [0.2, 0.25) is 5.91 Å². The summed E-state index contributed by atoms with van der Waals surface area (Å²) in [5.74, 6) is 0.0313. The summed E-state index contributed by atoms with van der Waals surface area (Å²) < 4.78 is 1.80. The Kier molecular flexibility index (Phi) is 3.87. The van der Waals surface area contributed by atoms with Crippen LogP contribution in [-0.4, -0.2) is 31.7 Å². The van der Waals surface area contributed by atoms with E-state index in [4.69, 9.17) is 0 Å². The van der Waals surface area contributed by atoms with E-state index >= 15 is 0 Å². The number of fused-ring (bicyclic) bond motifs is 1. The molecule has 0 fully saturated rings. The van der Waals surface area contributed by atoms with Crippen molar-refractivity contribution in [3.63, 3.8) is 0 Å². The molecule has 6 heteroatoms. The largest absolute Gasteiger partial charge is 0.353 e. The molecule has 2 N–H and O–H groups in total. The topological polar surface area (TPSA) is 75.6 Å². The lowest BCUT2D eigenvalue weighted by Crippen LogP contribution is -2.34. The first-order valence-corrected chi connectivity index (χ1v) is 8.53. The van der Waals surface area contributed by atoms with Crippen molar-refractivity contribution in [3.05, 3.63) is 42.5 Å². The van der Waals surface area contributed by atoms with Crippen LogP contribution in [0.2, 0.25) is 0 Å². The monoisotopic (exact) mass is 335 g/mol. The van der Waals surface area contributed by atoms with Crippen LogP contribution in [0.4, 0.5) is 0 Å². The molecular weight excluding hydrogens is 314 g/mol. The highest BCUT2D eigenvalue weighted by Gasteiger charge is 2.21. The molecule has 1 unspecified atom stereocenters. The number of nitrogens with one attached hydrogen (secondary N) is 2. The molecule has 0 bridgehead atoms. The van der Waals surface area contributed by atoms with Crippen molar-refractivity contribution >= 4 is 22.5 Å². The van der Waals surface area contributed by atoms with Crippen LogP contribution in [0, 0.1) is 0 Å². The molecule has 3 heterocycles. The number of aromatic amines is 1. The smallest absolute Gasteiger partial charge is 0.217 e. The maximum Gasteiger partial charge on any atom is 0.217 e. The number of H-pyrrole nitrogens is 1. The van der Waals surface area contributed by atoms with Crippen molar-refractivity contribution in [3.8, 4) is 11.1 Å². The molecule has 3 aromatic heterocycles. The lowest BCUT2D eigenvalue weighted by Gasteiger charge is -2.24. The second kappa shape index (κ2) is 6.20. The quantitative estimate of drug-likeness (QED) is 0.772. The SMILES string of the molecule is CC(=O)NC1CCC=C(c2ccnc3[nH]cc(-c4cnn(C)c4)c23)C1. The van der Waals surface area contributed by atoms with Crippen LogP contribution in [0.3, 0.4) is 0 Å². The summed E-state index contributed by atoms with van der Waals surface area (Å²) in [6, 6.07) is 2.26. The van der Waals surface area contributed by atoms with Crippen LogP contribution in [0.25, 0.3) is 27.7 Å². The molecule has 4 rings (SSSR count). The maximum absolute atomic E-state index is 11.4. The van der Waals surface area contributed by atoms with Crippen LogP contribution < -0.4 is 5.32 Å². The molecule has 6 nitrogen and oxygen atoms in total. The summed E-state index contributed by atoms with van der Waals surface area (Å²) >= 11 is 0. The van der Waals surface area contributed by atoms with Gasteiger partial charge in [0, 0.05) is 55.1 Å². The van der Waals surface area contributed by atoms with Crippen LogP contribution >= 0.6 is 0 Å². The zero-order chi connectivity index (χ0) is 17.4. The third-order valence-electron chi connectivity index (χ3n) is 4.71. The fraction of sp³-hybridized carbons (Fsp3) is 0.316. The predicted octanol–water partition coefficient (Wildman–Crippen LogP) is 3.04. The Balaban J connectivity index is 1.78. The first-order chi connectivity index (χ1) is 12.1. The number of carbonyl (C=O) groups excluding carboxylic acids is 1. The van der Waals surface area contributed by atoms with Crippen LogP contribution in [-0.2, 0) is 11.8 Å². The summed E-state index contributed by atoms with van der Waals surface area (Å²) in [6.45, 7) is 1.58. The Morgan fingerprint density at radius 2 is 2.28 bits per heavy atom. The fourth-order valence-electron chi connectivity index (χ4n) is 3.65. The van der Waals surface area contributed by atoms with Gasteiger partial charge in [-0.3, -0.25) is 9.48 Å². The molecule has 0 aromatic carbocycles. The molecule has 0 saturated heterocycles. The van der Waals surface area contributed by atoms with Crippen molar-refractivity contribution in [1.29, 1.82) is 0 Å². The molecule has 128 valence electrons. The second-order valence-corrected chi connectivity index (χ2v) is 6.60. The number of nitrogens with zero attached hydrogens (tertiary/aromatic N) is 3. The molecule has 1 atom stereocenters. The van der Waals surface area contributed by atoms with E-state index in [1.165, 1.54) is 11.1 Å². The maximum atomic E-state index is 11.4. The van der Waals surface area contributed by atoms with Crippen LogP contribution in [0.15, 0.2) is 36.9 Å². The van der Waals surface area contributed by atoms with Gasteiger partial charge in [0.05, 0.1) is 6.20 Å². The van der Waals surface area contributed by atoms with E-state index in [0.29, 0.717) is 0 Å². The van der Waals surface area contributed by atoms with Gasteiger partial charge in [-0.2, -0.15) is 5.10 Å². The van der Waals surface area contributed by atoms with E-state index < -0.39 is 0 Å². The predicted molar refractivity (Wildman–Crippen MR) is 97.7 cm³/mol. The van der Waals surface area contributed by atoms with Crippen molar-refractivity contribution in [2.75, 3.05) is 0 Å². The highest BCUT2D eigenvalue weighted by Crippen LogP contribution is 2.36. The minimum absolute atomic E-state index is 0.0313. The van der Waals surface area contributed by atoms with Crippen LogP contribution in [0.1, 0.15) is 31.7 Å². The zero-order valence-corrected chi connectivity index (χ0v) is 14.4. The zero-order valence-electron chi connectivity index (χ0n) is 14.4. The van der Waals surface area contributed by atoms with Gasteiger partial charge in [0.1, 0.15) is 5.65 Å². The normalized spacial score (nSPS) is 17.5. The van der Waals surface area contributed by atoms with Gasteiger partial charge < -0.3 is 10.3 Å². The minimum Gasteiger partial charge on any atom is -0.353 e. The number of aromatic nitrogens is 4. The highest BCUT2D eigenvalue weighted by atomic mass is 16.1.